The fraction of sp³-hybridized carbons (Fsp3) is 0.417. The van der Waals surface area contributed by atoms with Crippen molar-refractivity contribution in [1.82, 2.24) is 5.32 Å². The second-order valence-electron chi connectivity index (χ2n) is 4.27. The van der Waals surface area contributed by atoms with Crippen molar-refractivity contribution in [1.29, 1.82) is 0 Å². The van der Waals surface area contributed by atoms with Crippen LogP contribution in [0.3, 0.4) is 0 Å². The van der Waals surface area contributed by atoms with E-state index in [1.54, 1.807) is 7.11 Å². The number of hydrogen-bond donors (Lipinski definition) is 2. The van der Waals surface area contributed by atoms with Crippen molar-refractivity contribution >= 4 is 43.5 Å². The van der Waals surface area contributed by atoms with Gasteiger partial charge in [-0.15, -0.1) is 0 Å². The molecule has 1 aromatic rings. The number of primary sulfonamides is 1. The SMILES string of the molecule is COCCCCNC(=O)c1cc(Cl)c(Br)c(S(N)(=O)=O)c1. The first-order valence-corrected chi connectivity index (χ1v) is 8.78. The molecule has 0 saturated carbocycles. The van der Waals surface area contributed by atoms with Crippen LogP contribution in [0.2, 0.25) is 5.02 Å². The molecule has 0 atom stereocenters. The summed E-state index contributed by atoms with van der Waals surface area (Å²) in [5, 5.41) is 7.87. The lowest BCUT2D eigenvalue weighted by Gasteiger charge is -2.09. The summed E-state index contributed by atoms with van der Waals surface area (Å²) in [4.78, 5) is 11.7. The Morgan fingerprint density at radius 2 is 2.10 bits per heavy atom. The van der Waals surface area contributed by atoms with E-state index in [9.17, 15) is 13.2 Å². The normalized spacial score (nSPS) is 11.4. The average molecular weight is 400 g/mol. The van der Waals surface area contributed by atoms with Crippen molar-refractivity contribution in [2.24, 2.45) is 5.14 Å². The molecule has 0 aliphatic rings. The van der Waals surface area contributed by atoms with Crippen molar-refractivity contribution in [2.75, 3.05) is 20.3 Å². The summed E-state index contributed by atoms with van der Waals surface area (Å²) in [7, 11) is -2.36. The molecule has 0 unspecified atom stereocenters. The summed E-state index contributed by atoms with van der Waals surface area (Å²) < 4.78 is 28.0. The number of rotatable bonds is 7. The van der Waals surface area contributed by atoms with E-state index in [0.717, 1.165) is 12.8 Å². The van der Waals surface area contributed by atoms with Crippen molar-refractivity contribution < 1.29 is 17.9 Å². The maximum absolute atomic E-state index is 12.0. The van der Waals surface area contributed by atoms with E-state index in [-0.39, 0.29) is 20.0 Å². The van der Waals surface area contributed by atoms with Crippen molar-refractivity contribution in [3.63, 3.8) is 0 Å². The maximum Gasteiger partial charge on any atom is 0.251 e. The monoisotopic (exact) mass is 398 g/mol. The molecule has 0 heterocycles. The van der Waals surface area contributed by atoms with Crippen molar-refractivity contribution in [3.8, 4) is 0 Å². The second kappa shape index (κ2) is 8.09. The molecular weight excluding hydrogens is 384 g/mol. The van der Waals surface area contributed by atoms with Crippen LogP contribution in [0.5, 0.6) is 0 Å². The van der Waals surface area contributed by atoms with Gasteiger partial charge in [0.2, 0.25) is 10.0 Å². The van der Waals surface area contributed by atoms with Gasteiger partial charge in [-0.3, -0.25) is 4.79 Å². The maximum atomic E-state index is 12.0. The molecule has 0 radical (unpaired) electrons. The van der Waals surface area contributed by atoms with Crippen LogP contribution in [-0.2, 0) is 14.8 Å². The molecule has 1 amide bonds. The molecule has 0 saturated heterocycles. The fourth-order valence-corrected chi connectivity index (χ4v) is 3.41. The molecule has 1 aromatic carbocycles. The number of nitrogens with one attached hydrogen (secondary N) is 1. The summed E-state index contributed by atoms with van der Waals surface area (Å²) in [5.41, 5.74) is 0.138. The highest BCUT2D eigenvalue weighted by molar-refractivity contribution is 9.10. The van der Waals surface area contributed by atoms with Crippen LogP contribution in [0.1, 0.15) is 23.2 Å². The molecule has 0 aromatic heterocycles. The van der Waals surface area contributed by atoms with Gasteiger partial charge in [0, 0.05) is 25.8 Å². The number of nitrogens with two attached hydrogens (primary N) is 1. The first-order chi connectivity index (χ1) is 9.77. The largest absolute Gasteiger partial charge is 0.385 e. The molecule has 6 nitrogen and oxygen atoms in total. The number of carbonyl (C=O) groups excluding carboxylic acids is 1. The predicted molar refractivity (Wildman–Crippen MR) is 84.0 cm³/mol. The van der Waals surface area contributed by atoms with E-state index in [4.69, 9.17) is 21.5 Å². The highest BCUT2D eigenvalue weighted by Crippen LogP contribution is 2.30. The Hall–Kier alpha value is -0.670. The van der Waals surface area contributed by atoms with Crippen LogP contribution < -0.4 is 10.5 Å². The lowest BCUT2D eigenvalue weighted by molar-refractivity contribution is 0.0951. The highest BCUT2D eigenvalue weighted by atomic mass is 79.9. The molecule has 9 heteroatoms. The molecule has 0 bridgehead atoms. The summed E-state index contributed by atoms with van der Waals surface area (Å²) in [6, 6.07) is 2.57. The summed E-state index contributed by atoms with van der Waals surface area (Å²) in [5.74, 6) is -0.410. The molecule has 1 rings (SSSR count). The number of sulfonamides is 1. The van der Waals surface area contributed by atoms with E-state index in [0.29, 0.717) is 13.2 Å². The first kappa shape index (κ1) is 18.4. The zero-order valence-corrected chi connectivity index (χ0v) is 14.5. The van der Waals surface area contributed by atoms with Crippen LogP contribution >= 0.6 is 27.5 Å². The molecular formula is C12H16BrClN2O4S. The topological polar surface area (TPSA) is 98.5 Å². The van der Waals surface area contributed by atoms with Gasteiger partial charge in [-0.05, 0) is 40.9 Å². The fourth-order valence-electron chi connectivity index (χ4n) is 1.58. The molecule has 118 valence electrons. The Morgan fingerprint density at radius 3 is 2.67 bits per heavy atom. The molecule has 0 spiro atoms. The van der Waals surface area contributed by atoms with Crippen LogP contribution in [0.15, 0.2) is 21.5 Å². The van der Waals surface area contributed by atoms with Crippen LogP contribution in [-0.4, -0.2) is 34.6 Å². The lowest BCUT2D eigenvalue weighted by Crippen LogP contribution is -2.25. The van der Waals surface area contributed by atoms with Gasteiger partial charge >= 0.3 is 0 Å². The molecule has 0 aliphatic carbocycles. The number of ether oxygens (including phenoxy) is 1. The summed E-state index contributed by atoms with van der Waals surface area (Å²) >= 11 is 8.95. The highest BCUT2D eigenvalue weighted by Gasteiger charge is 2.19. The molecule has 21 heavy (non-hydrogen) atoms. The van der Waals surface area contributed by atoms with Gasteiger partial charge in [0.15, 0.2) is 0 Å². The van der Waals surface area contributed by atoms with Crippen molar-refractivity contribution in [3.05, 3.63) is 27.2 Å². The molecule has 3 N–H and O–H groups in total. The Bertz CT molecular complexity index is 622. The zero-order chi connectivity index (χ0) is 16.0. The van der Waals surface area contributed by atoms with E-state index < -0.39 is 15.9 Å². The Kier molecular flexibility index (Phi) is 7.08. The van der Waals surface area contributed by atoms with Crippen molar-refractivity contribution in [2.45, 2.75) is 17.7 Å². The number of carbonyl (C=O) groups is 1. The van der Waals surface area contributed by atoms with Crippen LogP contribution in [0, 0.1) is 0 Å². The number of amides is 1. The number of unbranched alkanes of at least 4 members (excludes halogenated alkanes) is 1. The van der Waals surface area contributed by atoms with E-state index in [1.165, 1.54) is 12.1 Å². The number of methoxy groups -OCH3 is 1. The van der Waals surface area contributed by atoms with Gasteiger partial charge in [0.1, 0.15) is 0 Å². The van der Waals surface area contributed by atoms with Gasteiger partial charge in [-0.1, -0.05) is 11.6 Å². The lowest BCUT2D eigenvalue weighted by atomic mass is 10.2. The molecule has 0 fully saturated rings. The summed E-state index contributed by atoms with van der Waals surface area (Å²) in [6.45, 7) is 1.08. The summed E-state index contributed by atoms with van der Waals surface area (Å²) in [6.07, 6.45) is 1.58. The number of halogens is 2. The third-order valence-electron chi connectivity index (χ3n) is 2.62. The standard InChI is InChI=1S/C12H16BrClN2O4S/c1-20-5-3-2-4-16-12(17)8-6-9(14)11(13)10(7-8)21(15,18)19/h6-7H,2-5H2,1H3,(H,16,17)(H2,15,18,19). The minimum absolute atomic E-state index is 0.103. The zero-order valence-electron chi connectivity index (χ0n) is 11.4. The molecule has 0 aliphatic heterocycles. The van der Waals surface area contributed by atoms with Gasteiger partial charge in [-0.2, -0.15) is 0 Å². The Labute approximate surface area is 137 Å². The number of hydrogen-bond acceptors (Lipinski definition) is 4. The van der Waals surface area contributed by atoms with Crippen LogP contribution in [0.4, 0.5) is 0 Å². The number of benzene rings is 1. The Morgan fingerprint density at radius 1 is 1.43 bits per heavy atom. The van der Waals surface area contributed by atoms with Gasteiger partial charge < -0.3 is 10.1 Å². The second-order valence-corrected chi connectivity index (χ2v) is 7.00. The van der Waals surface area contributed by atoms with E-state index in [1.807, 2.05) is 0 Å². The third-order valence-corrected chi connectivity index (χ3v) is 5.20. The van der Waals surface area contributed by atoms with Gasteiger partial charge in [0.25, 0.3) is 5.91 Å². The predicted octanol–water partition coefficient (Wildman–Crippen LogP) is 1.91. The average Bonchev–Trinajstić information content (AvgIpc) is 2.39. The van der Waals surface area contributed by atoms with E-state index >= 15 is 0 Å². The quantitative estimate of drug-likeness (QED) is 0.684. The van der Waals surface area contributed by atoms with E-state index in [2.05, 4.69) is 21.2 Å². The first-order valence-electron chi connectivity index (χ1n) is 6.06. The third kappa shape index (κ3) is 5.55. The van der Waals surface area contributed by atoms with Gasteiger partial charge in [0.05, 0.1) is 14.4 Å². The minimum Gasteiger partial charge on any atom is -0.385 e. The minimum atomic E-state index is -3.97. The van der Waals surface area contributed by atoms with Crippen LogP contribution in [0.25, 0.3) is 0 Å². The Balaban J connectivity index is 2.84. The van der Waals surface area contributed by atoms with Gasteiger partial charge in [-0.25, -0.2) is 13.6 Å². The smallest absolute Gasteiger partial charge is 0.251 e.